The molecule has 3 heterocycles. The number of halogens is 3. The van der Waals surface area contributed by atoms with Gasteiger partial charge in [-0.15, -0.1) is 0 Å². The van der Waals surface area contributed by atoms with E-state index < -0.39 is 11.7 Å². The summed E-state index contributed by atoms with van der Waals surface area (Å²) in [5.41, 5.74) is 6.62. The van der Waals surface area contributed by atoms with Gasteiger partial charge in [0.1, 0.15) is 5.69 Å². The summed E-state index contributed by atoms with van der Waals surface area (Å²) in [6, 6.07) is 6.05. The van der Waals surface area contributed by atoms with E-state index in [9.17, 15) is 13.2 Å². The van der Waals surface area contributed by atoms with Gasteiger partial charge in [0.15, 0.2) is 5.65 Å². The Hall–Kier alpha value is -2.48. The lowest BCUT2D eigenvalue weighted by molar-refractivity contribution is -0.137. The van der Waals surface area contributed by atoms with Crippen molar-refractivity contribution < 1.29 is 17.5 Å². The lowest BCUT2D eigenvalue weighted by Crippen LogP contribution is -2.24. The average Bonchev–Trinajstić information content (AvgIpc) is 3.25. The highest BCUT2D eigenvalue weighted by Gasteiger charge is 2.38. The molecule has 1 saturated carbocycles. The number of hydrogen-bond donors (Lipinski definition) is 2. The van der Waals surface area contributed by atoms with Crippen LogP contribution in [0.25, 0.3) is 22.4 Å². The minimum atomic E-state index is -4.52. The maximum absolute atomic E-state index is 13.7. The van der Waals surface area contributed by atoms with E-state index in [1.165, 1.54) is 6.07 Å². The molecule has 0 bridgehead atoms. The van der Waals surface area contributed by atoms with Crippen molar-refractivity contribution in [2.24, 2.45) is 11.7 Å². The zero-order valence-corrected chi connectivity index (χ0v) is 15.5. The molecule has 8 heteroatoms. The molecule has 4 rings (SSSR count). The van der Waals surface area contributed by atoms with Crippen LogP contribution in [-0.2, 0) is 6.18 Å². The Kier molecular flexibility index (Phi) is 4.82. The van der Waals surface area contributed by atoms with Crippen LogP contribution >= 0.6 is 0 Å². The Morgan fingerprint density at radius 2 is 2.07 bits per heavy atom. The maximum Gasteiger partial charge on any atom is 0.418 e. The molecule has 28 heavy (non-hydrogen) atoms. The van der Waals surface area contributed by atoms with Crippen LogP contribution in [0.4, 0.5) is 13.2 Å². The van der Waals surface area contributed by atoms with Crippen LogP contribution < -0.4 is 5.73 Å². The van der Waals surface area contributed by atoms with E-state index in [2.05, 4.69) is 27.1 Å². The summed E-state index contributed by atoms with van der Waals surface area (Å²) in [5.74, 6) is 0.458. The molecular formula is C20H28F3N5. The van der Waals surface area contributed by atoms with Crippen LogP contribution in [0.3, 0.4) is 0 Å². The van der Waals surface area contributed by atoms with Gasteiger partial charge in [0, 0.05) is 33.5 Å². The lowest BCUT2D eigenvalue weighted by atomic mass is 9.96. The summed E-state index contributed by atoms with van der Waals surface area (Å²) in [7, 11) is 0. The van der Waals surface area contributed by atoms with Crippen molar-refractivity contribution in [3.8, 4) is 11.4 Å². The Labute approximate surface area is 165 Å². The molecule has 0 radical (unpaired) electrons. The van der Waals surface area contributed by atoms with E-state index >= 15 is 0 Å². The highest BCUT2D eigenvalue weighted by molar-refractivity contribution is 5.90. The number of aromatic amines is 1. The zero-order chi connectivity index (χ0) is 19.9. The third kappa shape index (κ3) is 3.37. The normalized spacial score (nSPS) is 22.8. The number of nitrogens with one attached hydrogen (secondary N) is 1. The molecule has 0 spiro atoms. The van der Waals surface area contributed by atoms with Gasteiger partial charge in [-0.2, -0.15) is 18.3 Å². The maximum atomic E-state index is 13.7. The largest absolute Gasteiger partial charge is 0.418 e. The number of aromatic nitrogens is 4. The highest BCUT2D eigenvalue weighted by Crippen LogP contribution is 2.42. The van der Waals surface area contributed by atoms with Crippen molar-refractivity contribution in [1.82, 2.24) is 20.2 Å². The van der Waals surface area contributed by atoms with Gasteiger partial charge >= 0.3 is 6.18 Å². The number of H-pyrrole nitrogens is 1. The first-order valence-electron chi connectivity index (χ1n) is 9.51. The van der Waals surface area contributed by atoms with Crippen molar-refractivity contribution >= 4 is 11.0 Å². The second kappa shape index (κ2) is 7.16. The first-order chi connectivity index (χ1) is 13.4. The molecule has 3 atom stereocenters. The molecule has 5 nitrogen and oxygen atoms in total. The first kappa shape index (κ1) is 18.9. The molecule has 3 N–H and O–H groups in total. The zero-order valence-electron chi connectivity index (χ0n) is 15.5. The fourth-order valence-corrected chi connectivity index (χ4v) is 4.25. The number of hydrogen-bond acceptors (Lipinski definition) is 4. The van der Waals surface area contributed by atoms with E-state index in [1.807, 2.05) is 0 Å². The average molecular weight is 395 g/mol. The molecular weight excluding hydrogens is 367 g/mol. The summed E-state index contributed by atoms with van der Waals surface area (Å²) in [6.07, 6.45) is 0.713. The molecule has 1 aliphatic rings. The minimum Gasteiger partial charge on any atom is -0.327 e. The van der Waals surface area contributed by atoms with E-state index in [0.717, 1.165) is 31.7 Å². The SMILES string of the molecule is CCC[C@H]1CC(c2ccc(C(F)(F)F)c(-c3[nH]nc4ncccc34)n2)C[C@@H]1N.[HH].[HH].[HH]. The van der Waals surface area contributed by atoms with Crippen molar-refractivity contribution in [1.29, 1.82) is 0 Å². The molecule has 0 saturated heterocycles. The fraction of sp³-hybridized carbons (Fsp3) is 0.450. The summed E-state index contributed by atoms with van der Waals surface area (Å²) < 4.78 is 41.0. The molecule has 0 aliphatic heterocycles. The van der Waals surface area contributed by atoms with Gasteiger partial charge in [0.2, 0.25) is 0 Å². The molecule has 154 valence electrons. The van der Waals surface area contributed by atoms with Gasteiger partial charge in [-0.1, -0.05) is 13.3 Å². The third-order valence-electron chi connectivity index (χ3n) is 5.62. The standard InChI is InChI=1S/C20H22F3N5.3H2/c1-2-4-11-9-12(10-15(11)24)16-7-6-14(20(21,22)23)18(26-16)17-13-5-3-8-25-19(13)28-27-17;;;/h3,5-8,11-12,15H,2,4,9-10,24H2,1H3,(H,25,27,28);3*1H/t11-,12?,15-;;;/m0.../s1. The monoisotopic (exact) mass is 395 g/mol. The van der Waals surface area contributed by atoms with Crippen LogP contribution in [0, 0.1) is 5.92 Å². The quantitative estimate of drug-likeness (QED) is 0.620. The molecule has 0 aromatic carbocycles. The van der Waals surface area contributed by atoms with Gasteiger partial charge in [-0.05, 0) is 49.4 Å². The second-order valence-corrected chi connectivity index (χ2v) is 7.48. The Morgan fingerprint density at radius 1 is 1.25 bits per heavy atom. The van der Waals surface area contributed by atoms with Crippen molar-refractivity contribution in [2.75, 3.05) is 0 Å². The summed E-state index contributed by atoms with van der Waals surface area (Å²) in [5, 5.41) is 7.25. The molecule has 3 aromatic heterocycles. The van der Waals surface area contributed by atoms with E-state index in [-0.39, 0.29) is 27.6 Å². The van der Waals surface area contributed by atoms with Gasteiger partial charge in [-0.25, -0.2) is 4.98 Å². The third-order valence-corrected chi connectivity index (χ3v) is 5.62. The van der Waals surface area contributed by atoms with Crippen LogP contribution in [0.2, 0.25) is 0 Å². The summed E-state index contributed by atoms with van der Waals surface area (Å²) in [4.78, 5) is 8.56. The van der Waals surface area contributed by atoms with E-state index in [0.29, 0.717) is 22.6 Å². The number of fused-ring (bicyclic) bond motifs is 1. The predicted octanol–water partition coefficient (Wildman–Crippen LogP) is 5.40. The summed E-state index contributed by atoms with van der Waals surface area (Å²) >= 11 is 0. The Balaban J connectivity index is 0.00000160. The van der Waals surface area contributed by atoms with Gasteiger partial charge in [0.25, 0.3) is 0 Å². The van der Waals surface area contributed by atoms with Crippen LogP contribution in [0.1, 0.15) is 54.1 Å². The Bertz CT molecular complexity index is 996. The number of alkyl halides is 3. The molecule has 1 aliphatic carbocycles. The number of rotatable bonds is 4. The molecule has 0 amide bonds. The molecule has 1 unspecified atom stereocenters. The van der Waals surface area contributed by atoms with Crippen molar-refractivity contribution in [3.05, 3.63) is 41.7 Å². The number of nitrogens with two attached hydrogens (primary N) is 1. The number of nitrogens with zero attached hydrogens (tertiary/aromatic N) is 3. The molecule has 3 aromatic rings. The first-order valence-corrected chi connectivity index (χ1v) is 9.51. The van der Waals surface area contributed by atoms with E-state index in [1.54, 1.807) is 18.3 Å². The van der Waals surface area contributed by atoms with Crippen LogP contribution in [0.5, 0.6) is 0 Å². The Morgan fingerprint density at radius 3 is 2.82 bits per heavy atom. The highest BCUT2D eigenvalue weighted by atomic mass is 19.4. The smallest absolute Gasteiger partial charge is 0.327 e. The summed E-state index contributed by atoms with van der Waals surface area (Å²) in [6.45, 7) is 2.12. The minimum absolute atomic E-state index is 0. The van der Waals surface area contributed by atoms with E-state index in [4.69, 9.17) is 5.73 Å². The van der Waals surface area contributed by atoms with Crippen molar-refractivity contribution in [3.63, 3.8) is 0 Å². The van der Waals surface area contributed by atoms with Gasteiger partial charge in [-0.3, -0.25) is 10.1 Å². The fourth-order valence-electron chi connectivity index (χ4n) is 4.25. The second-order valence-electron chi connectivity index (χ2n) is 7.48. The van der Waals surface area contributed by atoms with Crippen LogP contribution in [-0.4, -0.2) is 26.2 Å². The number of pyridine rings is 2. The topological polar surface area (TPSA) is 80.5 Å². The predicted molar refractivity (Wildman–Crippen MR) is 107 cm³/mol. The van der Waals surface area contributed by atoms with Gasteiger partial charge < -0.3 is 5.73 Å². The van der Waals surface area contributed by atoms with Crippen LogP contribution in [0.15, 0.2) is 30.5 Å². The molecule has 1 fully saturated rings. The van der Waals surface area contributed by atoms with Crippen molar-refractivity contribution in [2.45, 2.75) is 50.7 Å². The lowest BCUT2D eigenvalue weighted by Gasteiger charge is -2.16. The van der Waals surface area contributed by atoms with Gasteiger partial charge in [0.05, 0.1) is 11.3 Å².